The predicted molar refractivity (Wildman–Crippen MR) is 96.5 cm³/mol. The van der Waals surface area contributed by atoms with E-state index in [1.54, 1.807) is 12.4 Å². The van der Waals surface area contributed by atoms with Gasteiger partial charge in [-0.1, -0.05) is 18.2 Å². The first-order chi connectivity index (χ1) is 12.7. The van der Waals surface area contributed by atoms with Gasteiger partial charge in [-0.15, -0.1) is 0 Å². The number of ether oxygens (including phenoxy) is 1. The van der Waals surface area contributed by atoms with Crippen LogP contribution in [0.5, 0.6) is 5.75 Å². The van der Waals surface area contributed by atoms with E-state index in [9.17, 15) is 9.18 Å². The first kappa shape index (κ1) is 16.3. The van der Waals surface area contributed by atoms with Gasteiger partial charge in [0.15, 0.2) is 0 Å². The summed E-state index contributed by atoms with van der Waals surface area (Å²) in [6, 6.07) is 15.5. The Morgan fingerprint density at radius 3 is 2.65 bits per heavy atom. The lowest BCUT2D eigenvalue weighted by atomic mass is 10.0. The number of nitrogens with one attached hydrogen (secondary N) is 1. The molecule has 2 heterocycles. The number of aromatic nitrogens is 1. The molecule has 0 saturated carbocycles. The molecule has 0 radical (unpaired) electrons. The Morgan fingerprint density at radius 2 is 1.88 bits per heavy atom. The van der Waals surface area contributed by atoms with Crippen molar-refractivity contribution < 1.29 is 13.9 Å². The van der Waals surface area contributed by atoms with Crippen molar-refractivity contribution in [2.75, 3.05) is 6.54 Å². The Bertz CT molecular complexity index is 927. The van der Waals surface area contributed by atoms with Gasteiger partial charge in [-0.2, -0.15) is 0 Å². The van der Waals surface area contributed by atoms with Crippen molar-refractivity contribution in [1.82, 2.24) is 10.3 Å². The van der Waals surface area contributed by atoms with Crippen molar-refractivity contribution in [2.24, 2.45) is 0 Å². The van der Waals surface area contributed by atoms with Crippen LogP contribution < -0.4 is 10.1 Å². The Labute approximate surface area is 150 Å². The second-order valence-electron chi connectivity index (χ2n) is 6.19. The van der Waals surface area contributed by atoms with Crippen LogP contribution in [0, 0.1) is 5.82 Å². The number of carbonyl (C=O) groups excluding carboxylic acids is 1. The molecular weight excluding hydrogens is 331 g/mol. The van der Waals surface area contributed by atoms with Crippen molar-refractivity contribution in [3.63, 3.8) is 0 Å². The molecule has 26 heavy (non-hydrogen) atoms. The van der Waals surface area contributed by atoms with Crippen molar-refractivity contribution in [2.45, 2.75) is 12.5 Å². The summed E-state index contributed by atoms with van der Waals surface area (Å²) in [6.07, 6.45) is 4.11. The van der Waals surface area contributed by atoms with Crippen LogP contribution in [-0.2, 0) is 6.42 Å². The molecule has 0 fully saturated rings. The van der Waals surface area contributed by atoms with E-state index >= 15 is 0 Å². The van der Waals surface area contributed by atoms with Crippen LogP contribution in [0.15, 0.2) is 67.0 Å². The van der Waals surface area contributed by atoms with Crippen molar-refractivity contribution >= 4 is 5.91 Å². The molecule has 0 saturated heterocycles. The van der Waals surface area contributed by atoms with Crippen molar-refractivity contribution in [1.29, 1.82) is 0 Å². The topological polar surface area (TPSA) is 51.2 Å². The van der Waals surface area contributed by atoms with E-state index in [0.29, 0.717) is 12.1 Å². The van der Waals surface area contributed by atoms with Crippen LogP contribution in [0.3, 0.4) is 0 Å². The zero-order chi connectivity index (χ0) is 17.9. The zero-order valence-electron chi connectivity index (χ0n) is 14.0. The first-order valence-electron chi connectivity index (χ1n) is 8.43. The lowest BCUT2D eigenvalue weighted by Crippen LogP contribution is -2.34. The molecule has 2 aromatic carbocycles. The summed E-state index contributed by atoms with van der Waals surface area (Å²) in [6.45, 7) is 0.390. The molecule has 0 bridgehead atoms. The van der Waals surface area contributed by atoms with E-state index in [1.165, 1.54) is 24.3 Å². The Morgan fingerprint density at radius 1 is 1.12 bits per heavy atom. The van der Waals surface area contributed by atoms with Crippen LogP contribution in [0.1, 0.15) is 15.9 Å². The molecule has 0 unspecified atom stereocenters. The standard InChI is InChI=1S/C21H17FN2O2/c22-17-6-4-15(5-7-17)21(25)24-13-18-12-16-2-1-3-19(20(16)26-18)14-8-10-23-11-9-14/h1-11,18H,12-13H2,(H,24,25)/t18-/m1/s1. The monoisotopic (exact) mass is 348 g/mol. The van der Waals surface area contributed by atoms with Gasteiger partial charge in [0.1, 0.15) is 17.7 Å². The van der Waals surface area contributed by atoms with Gasteiger partial charge in [-0.05, 0) is 47.5 Å². The van der Waals surface area contributed by atoms with E-state index in [4.69, 9.17) is 4.74 Å². The largest absolute Gasteiger partial charge is 0.487 e. The molecule has 1 aliphatic rings. The number of para-hydroxylation sites is 1. The Balaban J connectivity index is 1.44. The lowest BCUT2D eigenvalue weighted by molar-refractivity contribution is 0.0933. The van der Waals surface area contributed by atoms with Gasteiger partial charge < -0.3 is 10.1 Å². The smallest absolute Gasteiger partial charge is 0.251 e. The molecule has 1 atom stereocenters. The molecule has 130 valence electrons. The number of nitrogens with zero attached hydrogens (tertiary/aromatic N) is 1. The van der Waals surface area contributed by atoms with Gasteiger partial charge >= 0.3 is 0 Å². The van der Waals surface area contributed by atoms with Gasteiger partial charge in [0.05, 0.1) is 6.54 Å². The average Bonchev–Trinajstić information content (AvgIpc) is 3.10. The number of amides is 1. The molecule has 0 aliphatic carbocycles. The fraction of sp³-hybridized carbons (Fsp3) is 0.143. The summed E-state index contributed by atoms with van der Waals surface area (Å²) >= 11 is 0. The highest BCUT2D eigenvalue weighted by Gasteiger charge is 2.26. The molecule has 4 rings (SSSR count). The number of hydrogen-bond acceptors (Lipinski definition) is 3. The van der Waals surface area contributed by atoms with Gasteiger partial charge in [-0.3, -0.25) is 9.78 Å². The second kappa shape index (κ2) is 6.96. The summed E-state index contributed by atoms with van der Waals surface area (Å²) in [5.74, 6) is 0.262. The highest BCUT2D eigenvalue weighted by Crippen LogP contribution is 2.38. The van der Waals surface area contributed by atoms with E-state index in [1.807, 2.05) is 30.3 Å². The molecule has 1 aliphatic heterocycles. The first-order valence-corrected chi connectivity index (χ1v) is 8.43. The zero-order valence-corrected chi connectivity index (χ0v) is 14.0. The van der Waals surface area contributed by atoms with Gasteiger partial charge in [-0.25, -0.2) is 4.39 Å². The molecular formula is C21H17FN2O2. The SMILES string of the molecule is O=C(NC[C@H]1Cc2cccc(-c3ccncc3)c2O1)c1ccc(F)cc1. The third kappa shape index (κ3) is 3.28. The van der Waals surface area contributed by atoms with Gasteiger partial charge in [0.2, 0.25) is 0 Å². The molecule has 1 aromatic heterocycles. The number of pyridine rings is 1. The number of halogens is 1. The van der Waals surface area contributed by atoms with Crippen LogP contribution in [0.25, 0.3) is 11.1 Å². The summed E-state index contributed by atoms with van der Waals surface area (Å²) in [7, 11) is 0. The van der Waals surface area contributed by atoms with E-state index in [-0.39, 0.29) is 17.8 Å². The van der Waals surface area contributed by atoms with Crippen molar-refractivity contribution in [3.05, 3.63) is 83.9 Å². The number of benzene rings is 2. The summed E-state index contributed by atoms with van der Waals surface area (Å²) in [5.41, 5.74) is 3.63. The van der Waals surface area contributed by atoms with Crippen LogP contribution in [-0.4, -0.2) is 23.5 Å². The third-order valence-corrected chi connectivity index (χ3v) is 4.42. The molecule has 4 nitrogen and oxygen atoms in total. The minimum atomic E-state index is -0.361. The minimum Gasteiger partial charge on any atom is -0.487 e. The summed E-state index contributed by atoms with van der Waals surface area (Å²) in [4.78, 5) is 16.2. The number of rotatable bonds is 4. The van der Waals surface area contributed by atoms with Crippen LogP contribution >= 0.6 is 0 Å². The molecule has 1 amide bonds. The van der Waals surface area contributed by atoms with E-state index < -0.39 is 0 Å². The summed E-state index contributed by atoms with van der Waals surface area (Å²) < 4.78 is 19.1. The maximum atomic E-state index is 13.0. The highest BCUT2D eigenvalue weighted by molar-refractivity contribution is 5.94. The molecule has 0 spiro atoms. The van der Waals surface area contributed by atoms with E-state index in [0.717, 1.165) is 28.9 Å². The molecule has 1 N–H and O–H groups in total. The van der Waals surface area contributed by atoms with E-state index in [2.05, 4.69) is 10.3 Å². The minimum absolute atomic E-state index is 0.127. The number of fused-ring (bicyclic) bond motifs is 1. The lowest BCUT2D eigenvalue weighted by Gasteiger charge is -2.13. The fourth-order valence-corrected chi connectivity index (χ4v) is 3.12. The second-order valence-corrected chi connectivity index (χ2v) is 6.19. The van der Waals surface area contributed by atoms with Gasteiger partial charge in [0.25, 0.3) is 5.91 Å². The number of hydrogen-bond donors (Lipinski definition) is 1. The maximum absolute atomic E-state index is 13.0. The maximum Gasteiger partial charge on any atom is 0.251 e. The van der Waals surface area contributed by atoms with Gasteiger partial charge in [0, 0.05) is 29.9 Å². The van der Waals surface area contributed by atoms with Crippen LogP contribution in [0.2, 0.25) is 0 Å². The average molecular weight is 348 g/mol. The Kier molecular flexibility index (Phi) is 4.35. The normalized spacial score (nSPS) is 15.2. The summed E-state index contributed by atoms with van der Waals surface area (Å²) in [5, 5.41) is 2.86. The fourth-order valence-electron chi connectivity index (χ4n) is 3.12. The quantitative estimate of drug-likeness (QED) is 0.783. The molecule has 5 heteroatoms. The Hall–Kier alpha value is -3.21. The third-order valence-electron chi connectivity index (χ3n) is 4.42. The number of carbonyl (C=O) groups is 1. The predicted octanol–water partition coefficient (Wildman–Crippen LogP) is 3.62. The highest BCUT2D eigenvalue weighted by atomic mass is 19.1. The van der Waals surface area contributed by atoms with Crippen molar-refractivity contribution in [3.8, 4) is 16.9 Å². The van der Waals surface area contributed by atoms with Crippen LogP contribution in [0.4, 0.5) is 4.39 Å². The molecule has 3 aromatic rings.